The van der Waals surface area contributed by atoms with E-state index in [1.165, 1.54) is 18.2 Å². The molecule has 0 spiro atoms. The molecule has 0 aromatic heterocycles. The highest BCUT2D eigenvalue weighted by atomic mass is 16.3. The monoisotopic (exact) mass is 247 g/mol. The molecule has 0 saturated carbocycles. The van der Waals surface area contributed by atoms with Gasteiger partial charge in [-0.3, -0.25) is 10.1 Å². The summed E-state index contributed by atoms with van der Waals surface area (Å²) >= 11 is 0. The van der Waals surface area contributed by atoms with Crippen molar-refractivity contribution in [3.8, 4) is 17.6 Å². The molecular weight excluding hydrogens is 238 g/mol. The number of carbonyl (C=O) groups is 2. The van der Waals surface area contributed by atoms with E-state index in [9.17, 15) is 14.7 Å². The highest BCUT2D eigenvalue weighted by molar-refractivity contribution is 6.00. The number of carbonyl (C=O) groups excluding carboxylic acids is 2. The van der Waals surface area contributed by atoms with Gasteiger partial charge in [0, 0.05) is 6.21 Å². The fourth-order valence-electron chi connectivity index (χ4n) is 1.02. The van der Waals surface area contributed by atoms with Crippen molar-refractivity contribution < 1.29 is 19.8 Å². The molecule has 0 heterocycles. The van der Waals surface area contributed by atoms with E-state index in [1.807, 2.05) is 5.32 Å². The van der Waals surface area contributed by atoms with Crippen LogP contribution in [0.5, 0.6) is 11.5 Å². The molecule has 0 aliphatic rings. The van der Waals surface area contributed by atoms with Gasteiger partial charge in [0.05, 0.1) is 6.07 Å². The lowest BCUT2D eigenvalue weighted by Crippen LogP contribution is -2.27. The van der Waals surface area contributed by atoms with E-state index in [2.05, 4.69) is 4.99 Å². The number of urea groups is 1. The first-order valence-electron chi connectivity index (χ1n) is 4.79. The number of nitrogens with one attached hydrogen (secondary N) is 1. The van der Waals surface area contributed by atoms with Crippen molar-refractivity contribution in [2.45, 2.75) is 6.42 Å². The molecule has 0 aliphatic heterocycles. The minimum atomic E-state index is -0.914. The Morgan fingerprint density at radius 1 is 1.39 bits per heavy atom. The van der Waals surface area contributed by atoms with E-state index in [4.69, 9.17) is 10.4 Å². The van der Waals surface area contributed by atoms with Crippen LogP contribution in [0.25, 0.3) is 0 Å². The van der Waals surface area contributed by atoms with E-state index in [0.29, 0.717) is 5.56 Å². The van der Waals surface area contributed by atoms with E-state index in [1.54, 1.807) is 6.07 Å². The Morgan fingerprint density at radius 2 is 2.11 bits per heavy atom. The molecular formula is C11H9N3O4. The molecule has 1 aromatic carbocycles. The Bertz CT molecular complexity index is 546. The topological polar surface area (TPSA) is 123 Å². The predicted molar refractivity (Wildman–Crippen MR) is 61.1 cm³/mol. The van der Waals surface area contributed by atoms with Gasteiger partial charge < -0.3 is 10.2 Å². The van der Waals surface area contributed by atoms with Crippen LogP contribution in [-0.2, 0) is 4.79 Å². The summed E-state index contributed by atoms with van der Waals surface area (Å²) in [4.78, 5) is 25.4. The van der Waals surface area contributed by atoms with Crippen molar-refractivity contribution in [1.29, 1.82) is 5.26 Å². The molecule has 0 saturated heterocycles. The van der Waals surface area contributed by atoms with Crippen LogP contribution in [-0.4, -0.2) is 28.4 Å². The third-order valence-electron chi connectivity index (χ3n) is 1.82. The molecule has 0 unspecified atom stereocenters. The Labute approximate surface area is 102 Å². The largest absolute Gasteiger partial charge is 0.504 e. The second-order valence-corrected chi connectivity index (χ2v) is 3.19. The van der Waals surface area contributed by atoms with Gasteiger partial charge in [-0.2, -0.15) is 5.26 Å². The Kier molecular flexibility index (Phi) is 4.40. The van der Waals surface area contributed by atoms with Crippen molar-refractivity contribution in [2.24, 2.45) is 4.99 Å². The maximum atomic E-state index is 11.1. The number of phenols is 2. The first-order valence-corrected chi connectivity index (χ1v) is 4.79. The summed E-state index contributed by atoms with van der Waals surface area (Å²) in [5.41, 5.74) is 0.369. The zero-order valence-electron chi connectivity index (χ0n) is 9.12. The molecule has 92 valence electrons. The van der Waals surface area contributed by atoms with Gasteiger partial charge in [0.15, 0.2) is 11.5 Å². The smallest absolute Gasteiger partial charge is 0.347 e. The Hall–Kier alpha value is -2.88. The van der Waals surface area contributed by atoms with E-state index < -0.39 is 18.4 Å². The summed E-state index contributed by atoms with van der Waals surface area (Å²) in [5, 5.41) is 28.3. The van der Waals surface area contributed by atoms with Crippen molar-refractivity contribution in [3.63, 3.8) is 0 Å². The minimum Gasteiger partial charge on any atom is -0.504 e. The molecule has 0 atom stereocenters. The first kappa shape index (κ1) is 13.2. The van der Waals surface area contributed by atoms with Crippen LogP contribution >= 0.6 is 0 Å². The number of benzene rings is 1. The van der Waals surface area contributed by atoms with E-state index in [0.717, 1.165) is 6.21 Å². The Balaban J connectivity index is 2.64. The normalized spacial score (nSPS) is 9.94. The molecule has 7 nitrogen and oxygen atoms in total. The second-order valence-electron chi connectivity index (χ2n) is 3.19. The zero-order valence-corrected chi connectivity index (χ0v) is 9.12. The van der Waals surface area contributed by atoms with Crippen LogP contribution in [0.15, 0.2) is 23.2 Å². The van der Waals surface area contributed by atoms with Gasteiger partial charge >= 0.3 is 6.03 Å². The number of amides is 3. The SMILES string of the molecule is N#CCC(=O)NC(=O)N=Cc1ccc(O)c(O)c1. The summed E-state index contributed by atoms with van der Waals surface area (Å²) in [5.74, 6) is -1.38. The van der Waals surface area contributed by atoms with Crippen molar-refractivity contribution >= 4 is 18.2 Å². The average Bonchev–Trinajstić information content (AvgIpc) is 2.31. The molecule has 0 bridgehead atoms. The van der Waals surface area contributed by atoms with Crippen LogP contribution in [0, 0.1) is 11.3 Å². The van der Waals surface area contributed by atoms with Crippen LogP contribution in [0.4, 0.5) is 4.79 Å². The number of rotatable bonds is 2. The van der Waals surface area contributed by atoms with Crippen LogP contribution in [0.2, 0.25) is 0 Å². The van der Waals surface area contributed by atoms with Gasteiger partial charge in [-0.1, -0.05) is 0 Å². The maximum absolute atomic E-state index is 11.1. The molecule has 18 heavy (non-hydrogen) atoms. The molecule has 0 aliphatic carbocycles. The van der Waals surface area contributed by atoms with Crippen molar-refractivity contribution in [2.75, 3.05) is 0 Å². The van der Waals surface area contributed by atoms with E-state index >= 15 is 0 Å². The Morgan fingerprint density at radius 3 is 2.72 bits per heavy atom. The molecule has 1 aromatic rings. The zero-order chi connectivity index (χ0) is 13.5. The highest BCUT2D eigenvalue weighted by Crippen LogP contribution is 2.23. The molecule has 1 rings (SSSR count). The number of aliphatic imine (C=N–C) groups is 1. The van der Waals surface area contributed by atoms with Crippen LogP contribution < -0.4 is 5.32 Å². The number of phenolic OH excluding ortho intramolecular Hbond substituents is 2. The van der Waals surface area contributed by atoms with Crippen LogP contribution in [0.3, 0.4) is 0 Å². The van der Waals surface area contributed by atoms with Crippen molar-refractivity contribution in [3.05, 3.63) is 23.8 Å². The summed E-state index contributed by atoms with van der Waals surface area (Å²) in [6.07, 6.45) is 0.676. The highest BCUT2D eigenvalue weighted by Gasteiger charge is 2.05. The fourth-order valence-corrected chi connectivity index (χ4v) is 1.02. The van der Waals surface area contributed by atoms with Crippen LogP contribution in [0.1, 0.15) is 12.0 Å². The minimum absolute atomic E-state index is 0.291. The van der Waals surface area contributed by atoms with Gasteiger partial charge in [-0.05, 0) is 23.8 Å². The third kappa shape index (κ3) is 3.94. The summed E-state index contributed by atoms with van der Waals surface area (Å²) in [6, 6.07) is 4.52. The van der Waals surface area contributed by atoms with Crippen molar-refractivity contribution in [1.82, 2.24) is 5.32 Å². The maximum Gasteiger partial charge on any atom is 0.347 e. The first-order chi connectivity index (χ1) is 8.52. The van der Waals surface area contributed by atoms with Gasteiger partial charge in [0.25, 0.3) is 0 Å². The molecule has 3 N–H and O–H groups in total. The number of hydrogen-bond donors (Lipinski definition) is 3. The average molecular weight is 247 g/mol. The molecule has 0 radical (unpaired) electrons. The van der Waals surface area contributed by atoms with Gasteiger partial charge in [0.1, 0.15) is 6.42 Å². The van der Waals surface area contributed by atoms with Gasteiger partial charge in [-0.15, -0.1) is 0 Å². The summed E-state index contributed by atoms with van der Waals surface area (Å²) in [6.45, 7) is 0. The van der Waals surface area contributed by atoms with E-state index in [-0.39, 0.29) is 11.5 Å². The number of hydrogen-bond acceptors (Lipinski definition) is 5. The lowest BCUT2D eigenvalue weighted by atomic mass is 10.2. The summed E-state index contributed by atoms with van der Waals surface area (Å²) < 4.78 is 0. The third-order valence-corrected chi connectivity index (χ3v) is 1.82. The quantitative estimate of drug-likeness (QED) is 0.523. The predicted octanol–water partition coefficient (Wildman–Crippen LogP) is 0.667. The number of imide groups is 1. The number of aromatic hydroxyl groups is 2. The summed E-state index contributed by atoms with van der Waals surface area (Å²) in [7, 11) is 0. The lowest BCUT2D eigenvalue weighted by Gasteiger charge is -1.98. The lowest BCUT2D eigenvalue weighted by molar-refractivity contribution is -0.119. The molecule has 7 heteroatoms. The molecule has 0 fully saturated rings. The number of nitriles is 1. The standard InChI is InChI=1S/C11H9N3O4/c12-4-3-10(17)14-11(18)13-6-7-1-2-8(15)9(16)5-7/h1-2,5-6,15-16H,3H2,(H,14,17,18). The fraction of sp³-hybridized carbons (Fsp3) is 0.0909. The van der Waals surface area contributed by atoms with Gasteiger partial charge in [-0.25, -0.2) is 9.79 Å². The number of nitrogens with zero attached hydrogens (tertiary/aromatic N) is 2. The second kappa shape index (κ2) is 6.00. The van der Waals surface area contributed by atoms with Gasteiger partial charge in [0.2, 0.25) is 5.91 Å². The molecule has 3 amide bonds.